The molecule has 2 unspecified atom stereocenters. The Balaban J connectivity index is 1.26. The molecule has 0 bridgehead atoms. The Bertz CT molecular complexity index is 2310. The first-order valence-corrected chi connectivity index (χ1v) is 18.3. The van der Waals surface area contributed by atoms with Crippen LogP contribution >= 0.6 is 0 Å². The Kier molecular flexibility index (Phi) is 9.58. The molecule has 5 aromatic carbocycles. The van der Waals surface area contributed by atoms with E-state index in [-0.39, 0.29) is 12.6 Å². The minimum Gasteiger partial charge on any atom is -0.481 e. The number of carbonyl (C=O) groups is 2. The second kappa shape index (κ2) is 14.9. The molecule has 1 aliphatic heterocycles. The highest BCUT2D eigenvalue weighted by molar-refractivity contribution is 6.04. The molecule has 2 aromatic heterocycles. The summed E-state index contributed by atoms with van der Waals surface area (Å²) in [4.78, 5) is 29.5. The molecule has 10 heteroatoms. The number of amides is 1. The fourth-order valence-electron chi connectivity index (χ4n) is 7.57. The highest BCUT2D eigenvalue weighted by atomic mass is 16.5. The summed E-state index contributed by atoms with van der Waals surface area (Å²) in [5.41, 5.74) is 6.00. The standard InChI is InChI=1S/C44H40N6O4/c1-2-36(43(52)53)42(51)46-35-22-14-15-30(27-35)40-37-28-31(24-25-38(37)50(47-40)39-23-12-13-26-54-39)41-45-29-49(48-41)44(32-16-6-3-7-17-32,33-18-8-4-9-19-33)34-20-10-5-11-21-34/h3-11,14-22,24-25,27-29,36,39H,2,12-13,23,26H2,1H3,(H,46,51)(H,52,53). The van der Waals surface area contributed by atoms with Crippen molar-refractivity contribution in [2.45, 2.75) is 44.4 Å². The van der Waals surface area contributed by atoms with E-state index in [1.54, 1.807) is 19.3 Å². The van der Waals surface area contributed by atoms with E-state index >= 15 is 0 Å². The lowest BCUT2D eigenvalue weighted by Crippen LogP contribution is -2.38. The average molecular weight is 717 g/mol. The number of anilines is 1. The van der Waals surface area contributed by atoms with E-state index in [0.717, 1.165) is 58.0 Å². The number of carbonyl (C=O) groups excluding carboxylic acids is 1. The molecule has 3 heterocycles. The summed E-state index contributed by atoms with van der Waals surface area (Å²) in [5, 5.41) is 23.6. The first-order valence-electron chi connectivity index (χ1n) is 18.3. The van der Waals surface area contributed by atoms with Gasteiger partial charge in [-0.1, -0.05) is 110 Å². The van der Waals surface area contributed by atoms with Gasteiger partial charge in [-0.05, 0) is 72.7 Å². The average Bonchev–Trinajstić information content (AvgIpc) is 3.86. The van der Waals surface area contributed by atoms with E-state index in [1.807, 2.05) is 94.3 Å². The maximum atomic E-state index is 12.9. The van der Waals surface area contributed by atoms with Crippen LogP contribution in [0.3, 0.4) is 0 Å². The fourth-order valence-corrected chi connectivity index (χ4v) is 7.57. The van der Waals surface area contributed by atoms with E-state index in [2.05, 4.69) is 47.8 Å². The van der Waals surface area contributed by atoms with Crippen LogP contribution in [0.5, 0.6) is 0 Å². The Hall–Kier alpha value is -6.39. The highest BCUT2D eigenvalue weighted by Gasteiger charge is 2.40. The molecule has 270 valence electrons. The maximum absolute atomic E-state index is 12.9. The molecule has 2 N–H and O–H groups in total. The van der Waals surface area contributed by atoms with Crippen LogP contribution in [0.15, 0.2) is 140 Å². The molecule has 0 aliphatic carbocycles. The van der Waals surface area contributed by atoms with Crippen LogP contribution in [0.1, 0.15) is 55.5 Å². The number of benzene rings is 5. The Morgan fingerprint density at radius 1 is 0.815 bits per heavy atom. The van der Waals surface area contributed by atoms with E-state index in [0.29, 0.717) is 23.8 Å². The molecule has 7 aromatic rings. The zero-order valence-electron chi connectivity index (χ0n) is 29.9. The lowest BCUT2D eigenvalue weighted by Gasteiger charge is -2.35. The smallest absolute Gasteiger partial charge is 0.316 e. The Morgan fingerprint density at radius 2 is 1.48 bits per heavy atom. The van der Waals surface area contributed by atoms with Crippen molar-refractivity contribution in [2.75, 3.05) is 11.9 Å². The first-order chi connectivity index (χ1) is 26.5. The summed E-state index contributed by atoms with van der Waals surface area (Å²) in [6.45, 7) is 2.35. The zero-order valence-corrected chi connectivity index (χ0v) is 29.9. The van der Waals surface area contributed by atoms with Crippen molar-refractivity contribution in [2.24, 2.45) is 5.92 Å². The SMILES string of the molecule is CCC(C(=O)O)C(=O)Nc1cccc(-c2nn(C3CCCCO3)c3ccc(-c4ncn(C(c5ccccc5)(c5ccccc5)c5ccccc5)n4)cc23)c1. The summed E-state index contributed by atoms with van der Waals surface area (Å²) >= 11 is 0. The summed E-state index contributed by atoms with van der Waals surface area (Å²) in [6.07, 6.45) is 4.66. The monoisotopic (exact) mass is 716 g/mol. The van der Waals surface area contributed by atoms with Gasteiger partial charge in [0, 0.05) is 28.8 Å². The van der Waals surface area contributed by atoms with Gasteiger partial charge >= 0.3 is 5.97 Å². The first kappa shape index (κ1) is 34.7. The quantitative estimate of drug-likeness (QED) is 0.102. The number of carboxylic acid groups (broad SMARTS) is 1. The van der Waals surface area contributed by atoms with E-state index in [4.69, 9.17) is 19.9 Å². The molecular formula is C44H40N6O4. The molecule has 0 radical (unpaired) electrons. The van der Waals surface area contributed by atoms with E-state index < -0.39 is 23.3 Å². The van der Waals surface area contributed by atoms with Crippen LogP contribution in [-0.4, -0.2) is 48.1 Å². The molecule has 1 aliphatic rings. The highest BCUT2D eigenvalue weighted by Crippen LogP contribution is 2.41. The van der Waals surface area contributed by atoms with Crippen LogP contribution < -0.4 is 5.32 Å². The number of carboxylic acids is 1. The number of fused-ring (bicyclic) bond motifs is 1. The number of aromatic nitrogens is 5. The number of hydrogen-bond acceptors (Lipinski definition) is 6. The van der Waals surface area contributed by atoms with Gasteiger partial charge in [0.25, 0.3) is 0 Å². The summed E-state index contributed by atoms with van der Waals surface area (Å²) in [6, 6.07) is 44.6. The molecule has 8 rings (SSSR count). The van der Waals surface area contributed by atoms with Crippen molar-refractivity contribution >= 4 is 28.5 Å². The molecule has 1 saturated heterocycles. The van der Waals surface area contributed by atoms with Crippen molar-refractivity contribution in [1.29, 1.82) is 0 Å². The van der Waals surface area contributed by atoms with Crippen molar-refractivity contribution in [3.8, 4) is 22.6 Å². The lowest BCUT2D eigenvalue weighted by atomic mass is 9.77. The minimum absolute atomic E-state index is 0.188. The lowest BCUT2D eigenvalue weighted by molar-refractivity contribution is -0.145. The van der Waals surface area contributed by atoms with Gasteiger partial charge in [0.15, 0.2) is 12.1 Å². The van der Waals surface area contributed by atoms with Gasteiger partial charge in [-0.3, -0.25) is 9.59 Å². The van der Waals surface area contributed by atoms with Crippen LogP contribution in [0.4, 0.5) is 5.69 Å². The molecule has 54 heavy (non-hydrogen) atoms. The normalized spacial score (nSPS) is 15.2. The number of ether oxygens (including phenoxy) is 1. The van der Waals surface area contributed by atoms with Gasteiger partial charge in [-0.25, -0.2) is 14.3 Å². The number of aliphatic carboxylic acids is 1. The van der Waals surface area contributed by atoms with Gasteiger partial charge in [0.1, 0.15) is 23.5 Å². The van der Waals surface area contributed by atoms with Gasteiger partial charge in [-0.15, -0.1) is 5.10 Å². The van der Waals surface area contributed by atoms with Gasteiger partial charge < -0.3 is 15.2 Å². The molecule has 2 atom stereocenters. The van der Waals surface area contributed by atoms with Gasteiger partial charge in [0.2, 0.25) is 5.91 Å². The third-order valence-corrected chi connectivity index (χ3v) is 10.2. The van der Waals surface area contributed by atoms with Crippen LogP contribution in [0.2, 0.25) is 0 Å². The molecule has 1 amide bonds. The number of hydrogen-bond donors (Lipinski definition) is 2. The predicted octanol–water partition coefficient (Wildman–Crippen LogP) is 8.55. The fraction of sp³-hybridized carbons (Fsp3) is 0.205. The molecule has 10 nitrogen and oxygen atoms in total. The zero-order chi connectivity index (χ0) is 37.1. The summed E-state index contributed by atoms with van der Waals surface area (Å²) < 4.78 is 10.1. The minimum atomic E-state index is -1.15. The van der Waals surface area contributed by atoms with Crippen LogP contribution in [-0.2, 0) is 19.9 Å². The van der Waals surface area contributed by atoms with Crippen molar-refractivity contribution < 1.29 is 19.4 Å². The predicted molar refractivity (Wildman–Crippen MR) is 208 cm³/mol. The Morgan fingerprint density at radius 3 is 2.07 bits per heavy atom. The third-order valence-electron chi connectivity index (χ3n) is 10.2. The van der Waals surface area contributed by atoms with Crippen molar-refractivity contribution in [3.63, 3.8) is 0 Å². The number of nitrogens with zero attached hydrogens (tertiary/aromatic N) is 5. The number of nitrogens with one attached hydrogen (secondary N) is 1. The van der Waals surface area contributed by atoms with Crippen LogP contribution in [0.25, 0.3) is 33.5 Å². The second-order valence-electron chi connectivity index (χ2n) is 13.5. The molecule has 1 fully saturated rings. The van der Waals surface area contributed by atoms with Crippen molar-refractivity contribution in [1.82, 2.24) is 24.5 Å². The van der Waals surface area contributed by atoms with Crippen LogP contribution in [0, 0.1) is 5.92 Å². The Labute approximate surface area is 313 Å². The summed E-state index contributed by atoms with van der Waals surface area (Å²) in [7, 11) is 0. The van der Waals surface area contributed by atoms with Crippen molar-refractivity contribution in [3.05, 3.63) is 156 Å². The molecule has 0 spiro atoms. The largest absolute Gasteiger partial charge is 0.481 e. The van der Waals surface area contributed by atoms with E-state index in [1.165, 1.54) is 0 Å². The van der Waals surface area contributed by atoms with Gasteiger partial charge in [0.05, 0.1) is 5.52 Å². The molecule has 0 saturated carbocycles. The number of rotatable bonds is 11. The maximum Gasteiger partial charge on any atom is 0.316 e. The summed E-state index contributed by atoms with van der Waals surface area (Å²) in [5.74, 6) is -2.30. The second-order valence-corrected chi connectivity index (χ2v) is 13.5. The molecular weight excluding hydrogens is 677 g/mol. The van der Waals surface area contributed by atoms with E-state index in [9.17, 15) is 14.7 Å². The van der Waals surface area contributed by atoms with Gasteiger partial charge in [-0.2, -0.15) is 5.10 Å². The third kappa shape index (κ3) is 6.34. The topological polar surface area (TPSA) is 124 Å².